The number of alkyl halides is 1. The number of amides is 1. The van der Waals surface area contributed by atoms with Gasteiger partial charge in [-0.3, -0.25) is 4.79 Å². The van der Waals surface area contributed by atoms with E-state index in [-0.39, 0.29) is 11.3 Å². The molecule has 0 aromatic rings. The molecule has 0 bridgehead atoms. The number of carbonyl (C=O) groups is 1. The van der Waals surface area contributed by atoms with Gasteiger partial charge < -0.3 is 10.1 Å². The molecule has 1 rings (SSSR count). The number of hydrogen-bond donors (Lipinski definition) is 1. The highest BCUT2D eigenvalue weighted by atomic mass is 35.5. The Morgan fingerprint density at radius 2 is 2.44 bits per heavy atom. The van der Waals surface area contributed by atoms with Crippen molar-refractivity contribution in [1.82, 2.24) is 5.32 Å². The smallest absolute Gasteiger partial charge is 0.220 e. The first-order valence-corrected chi connectivity index (χ1v) is 6.64. The Labute approximate surface area is 103 Å². The van der Waals surface area contributed by atoms with E-state index in [0.29, 0.717) is 12.5 Å². The van der Waals surface area contributed by atoms with Crippen LogP contribution in [0.3, 0.4) is 0 Å². The summed E-state index contributed by atoms with van der Waals surface area (Å²) < 4.78 is 5.46. The molecular formula is C12H22ClNO2. The highest BCUT2D eigenvalue weighted by Crippen LogP contribution is 2.16. The monoisotopic (exact) mass is 247 g/mol. The van der Waals surface area contributed by atoms with Gasteiger partial charge in [-0.15, -0.1) is 11.6 Å². The van der Waals surface area contributed by atoms with E-state index in [2.05, 4.69) is 5.32 Å². The molecule has 94 valence electrons. The highest BCUT2D eigenvalue weighted by molar-refractivity contribution is 6.20. The van der Waals surface area contributed by atoms with Crippen LogP contribution in [0.4, 0.5) is 0 Å². The van der Waals surface area contributed by atoms with Crippen molar-refractivity contribution < 1.29 is 9.53 Å². The minimum absolute atomic E-state index is 0.137. The van der Waals surface area contributed by atoms with E-state index < -0.39 is 0 Å². The van der Waals surface area contributed by atoms with E-state index in [1.54, 1.807) is 0 Å². The van der Waals surface area contributed by atoms with Gasteiger partial charge >= 0.3 is 0 Å². The molecule has 1 aliphatic heterocycles. The summed E-state index contributed by atoms with van der Waals surface area (Å²) in [5.74, 6) is 0.137. The van der Waals surface area contributed by atoms with Crippen LogP contribution in [-0.2, 0) is 9.53 Å². The fourth-order valence-electron chi connectivity index (χ4n) is 1.86. The summed E-state index contributed by atoms with van der Waals surface area (Å²) in [6.45, 7) is 3.57. The van der Waals surface area contributed by atoms with Gasteiger partial charge in [0.1, 0.15) is 0 Å². The Morgan fingerprint density at radius 1 is 1.62 bits per heavy atom. The lowest BCUT2D eigenvalue weighted by molar-refractivity contribution is -0.121. The van der Waals surface area contributed by atoms with Gasteiger partial charge in [0.25, 0.3) is 0 Å². The maximum absolute atomic E-state index is 11.4. The van der Waals surface area contributed by atoms with Crippen LogP contribution >= 0.6 is 11.6 Å². The van der Waals surface area contributed by atoms with Crippen LogP contribution < -0.4 is 5.32 Å². The zero-order valence-electron chi connectivity index (χ0n) is 10.0. The van der Waals surface area contributed by atoms with Gasteiger partial charge in [-0.1, -0.05) is 0 Å². The number of rotatable bonds is 7. The predicted octanol–water partition coefficient (Wildman–Crippen LogP) is 2.47. The molecule has 1 amide bonds. The number of carbonyl (C=O) groups excluding carboxylic acids is 1. The lowest BCUT2D eigenvalue weighted by atomic mass is 10.1. The third-order valence-electron chi connectivity index (χ3n) is 2.82. The second-order valence-electron chi connectivity index (χ2n) is 4.45. The standard InChI is InChI=1S/C12H22ClNO2/c1-10(13)4-2-8-14-12(15)7-6-11-5-3-9-16-11/h10-11H,2-9H2,1H3,(H,14,15). The fraction of sp³-hybridized carbons (Fsp3) is 0.917. The third-order valence-corrected chi connectivity index (χ3v) is 3.04. The van der Waals surface area contributed by atoms with Crippen LogP contribution in [0.15, 0.2) is 0 Å². The molecule has 2 unspecified atom stereocenters. The van der Waals surface area contributed by atoms with Gasteiger partial charge in [0.05, 0.1) is 6.10 Å². The minimum atomic E-state index is 0.137. The molecule has 3 nitrogen and oxygen atoms in total. The fourth-order valence-corrected chi connectivity index (χ4v) is 2.02. The quantitative estimate of drug-likeness (QED) is 0.555. The Bertz CT molecular complexity index is 203. The average Bonchev–Trinajstić information content (AvgIpc) is 2.74. The summed E-state index contributed by atoms with van der Waals surface area (Å²) in [6.07, 6.45) is 5.91. The van der Waals surface area contributed by atoms with Crippen molar-refractivity contribution in [3.05, 3.63) is 0 Å². The second-order valence-corrected chi connectivity index (χ2v) is 5.19. The molecule has 0 aromatic carbocycles. The van der Waals surface area contributed by atoms with Crippen molar-refractivity contribution in [2.24, 2.45) is 0 Å². The molecule has 0 aromatic heterocycles. The van der Waals surface area contributed by atoms with Crippen LogP contribution in [-0.4, -0.2) is 30.5 Å². The third kappa shape index (κ3) is 6.33. The first-order chi connectivity index (χ1) is 7.68. The summed E-state index contributed by atoms with van der Waals surface area (Å²) in [5, 5.41) is 3.11. The van der Waals surface area contributed by atoms with E-state index in [1.165, 1.54) is 0 Å². The predicted molar refractivity (Wildman–Crippen MR) is 65.8 cm³/mol. The lowest BCUT2D eigenvalue weighted by Gasteiger charge is -2.09. The summed E-state index contributed by atoms with van der Waals surface area (Å²) in [6, 6.07) is 0. The summed E-state index contributed by atoms with van der Waals surface area (Å²) in [5.41, 5.74) is 0. The maximum Gasteiger partial charge on any atom is 0.220 e. The molecule has 1 aliphatic rings. The highest BCUT2D eigenvalue weighted by Gasteiger charge is 2.16. The molecule has 0 spiro atoms. The largest absolute Gasteiger partial charge is 0.378 e. The lowest BCUT2D eigenvalue weighted by Crippen LogP contribution is -2.25. The van der Waals surface area contributed by atoms with Crippen molar-refractivity contribution in [3.63, 3.8) is 0 Å². The van der Waals surface area contributed by atoms with Crippen LogP contribution in [0.1, 0.15) is 45.4 Å². The van der Waals surface area contributed by atoms with E-state index in [9.17, 15) is 4.79 Å². The van der Waals surface area contributed by atoms with Gasteiger partial charge in [0, 0.05) is 24.9 Å². The van der Waals surface area contributed by atoms with Crippen molar-refractivity contribution in [1.29, 1.82) is 0 Å². The molecule has 1 heterocycles. The maximum atomic E-state index is 11.4. The Balaban J connectivity index is 1.94. The Kier molecular flexibility index (Phi) is 6.81. The van der Waals surface area contributed by atoms with E-state index in [0.717, 1.165) is 45.3 Å². The van der Waals surface area contributed by atoms with Gasteiger partial charge in [-0.25, -0.2) is 0 Å². The number of nitrogens with one attached hydrogen (secondary N) is 1. The molecule has 1 N–H and O–H groups in total. The van der Waals surface area contributed by atoms with Crippen molar-refractivity contribution >= 4 is 17.5 Å². The Hall–Kier alpha value is -0.280. The van der Waals surface area contributed by atoms with Crippen molar-refractivity contribution in [3.8, 4) is 0 Å². The van der Waals surface area contributed by atoms with Crippen LogP contribution in [0, 0.1) is 0 Å². The van der Waals surface area contributed by atoms with E-state index in [1.807, 2.05) is 6.92 Å². The number of hydrogen-bond acceptors (Lipinski definition) is 2. The van der Waals surface area contributed by atoms with Crippen molar-refractivity contribution in [2.45, 2.75) is 56.9 Å². The molecule has 0 radical (unpaired) electrons. The van der Waals surface area contributed by atoms with Crippen LogP contribution in [0.5, 0.6) is 0 Å². The van der Waals surface area contributed by atoms with Crippen LogP contribution in [0.2, 0.25) is 0 Å². The average molecular weight is 248 g/mol. The zero-order chi connectivity index (χ0) is 11.8. The van der Waals surface area contributed by atoms with Crippen molar-refractivity contribution in [2.75, 3.05) is 13.2 Å². The molecule has 1 saturated heterocycles. The summed E-state index contributed by atoms with van der Waals surface area (Å²) >= 11 is 5.81. The van der Waals surface area contributed by atoms with E-state index in [4.69, 9.17) is 16.3 Å². The molecular weight excluding hydrogens is 226 g/mol. The molecule has 1 fully saturated rings. The molecule has 16 heavy (non-hydrogen) atoms. The minimum Gasteiger partial charge on any atom is -0.378 e. The zero-order valence-corrected chi connectivity index (χ0v) is 10.8. The topological polar surface area (TPSA) is 38.3 Å². The summed E-state index contributed by atoms with van der Waals surface area (Å²) in [4.78, 5) is 11.4. The number of halogens is 1. The molecule has 0 aliphatic carbocycles. The van der Waals surface area contributed by atoms with Gasteiger partial charge in [0.2, 0.25) is 5.91 Å². The first-order valence-electron chi connectivity index (χ1n) is 6.21. The molecule has 2 atom stereocenters. The van der Waals surface area contributed by atoms with Gasteiger partial charge in [-0.2, -0.15) is 0 Å². The normalized spacial score (nSPS) is 22.0. The Morgan fingerprint density at radius 3 is 3.06 bits per heavy atom. The second kappa shape index (κ2) is 7.91. The van der Waals surface area contributed by atoms with Gasteiger partial charge in [0.15, 0.2) is 0 Å². The first kappa shape index (κ1) is 13.8. The van der Waals surface area contributed by atoms with Crippen LogP contribution in [0.25, 0.3) is 0 Å². The molecule has 0 saturated carbocycles. The van der Waals surface area contributed by atoms with Gasteiger partial charge in [-0.05, 0) is 39.0 Å². The molecule has 4 heteroatoms. The van der Waals surface area contributed by atoms with E-state index >= 15 is 0 Å². The number of ether oxygens (including phenoxy) is 1. The SMILES string of the molecule is CC(Cl)CCCNC(=O)CCC1CCCO1. The summed E-state index contributed by atoms with van der Waals surface area (Å²) in [7, 11) is 0.